The van der Waals surface area contributed by atoms with E-state index in [0.29, 0.717) is 12.0 Å². The van der Waals surface area contributed by atoms with Crippen LogP contribution in [-0.4, -0.2) is 67.8 Å². The van der Waals surface area contributed by atoms with Gasteiger partial charge in [-0.25, -0.2) is 0 Å². The van der Waals surface area contributed by atoms with E-state index in [-0.39, 0.29) is 6.42 Å². The molecule has 6 N–H and O–H groups in total. The highest BCUT2D eigenvalue weighted by atomic mass is 16.4. The van der Waals surface area contributed by atoms with Crippen LogP contribution in [0.4, 0.5) is 0 Å². The Morgan fingerprint density at radius 1 is 0.788 bits per heavy atom. The van der Waals surface area contributed by atoms with E-state index < -0.39 is 37.1 Å². The minimum atomic E-state index is -1.86. The van der Waals surface area contributed by atoms with Crippen LogP contribution in [0.3, 0.4) is 0 Å². The minimum absolute atomic E-state index is 0.277. The Morgan fingerprint density at radius 3 is 1.85 bits per heavy atom. The zero-order valence-corrected chi connectivity index (χ0v) is 19.7. The number of aryl methyl sites for hydroxylation is 4. The third-order valence-corrected chi connectivity index (χ3v) is 5.95. The van der Waals surface area contributed by atoms with Gasteiger partial charge in [0.25, 0.3) is 0 Å². The van der Waals surface area contributed by atoms with E-state index in [1.807, 2.05) is 58.0 Å². The molecular weight excluding hydrogens is 420 g/mol. The van der Waals surface area contributed by atoms with Gasteiger partial charge >= 0.3 is 0 Å². The number of hydrogen-bond donors (Lipinski definition) is 6. The van der Waals surface area contributed by atoms with Crippen molar-refractivity contribution in [2.24, 2.45) is 0 Å². The highest BCUT2D eigenvalue weighted by Gasteiger charge is 2.35. The van der Waals surface area contributed by atoms with Crippen molar-refractivity contribution in [2.45, 2.75) is 71.1 Å². The first kappa shape index (κ1) is 27.0. The molecule has 6 nitrogen and oxygen atoms in total. The lowest BCUT2D eigenvalue weighted by molar-refractivity contribution is -0.134. The van der Waals surface area contributed by atoms with Crippen molar-refractivity contribution in [1.29, 1.82) is 0 Å². The summed E-state index contributed by atoms with van der Waals surface area (Å²) in [4.78, 5) is 0. The van der Waals surface area contributed by atoms with Gasteiger partial charge in [0.05, 0.1) is 6.61 Å². The SMILES string of the molecule is Cc1ccc(CC=C=C(Cc2ccc(C)cc2C)C(O)[C@@H](O)[C@@H](O)[C@H](O)[C@@H](O)CO)c(C)c1. The Kier molecular flexibility index (Phi) is 10.0. The average molecular weight is 457 g/mol. The molecule has 6 heteroatoms. The second-order valence-electron chi connectivity index (χ2n) is 8.78. The molecule has 0 aromatic heterocycles. The zero-order chi connectivity index (χ0) is 24.7. The van der Waals surface area contributed by atoms with Gasteiger partial charge in [-0.2, -0.15) is 0 Å². The molecule has 2 rings (SSSR count). The van der Waals surface area contributed by atoms with Gasteiger partial charge in [0.2, 0.25) is 0 Å². The molecule has 0 radical (unpaired) electrons. The van der Waals surface area contributed by atoms with Gasteiger partial charge in [0, 0.05) is 12.0 Å². The quantitative estimate of drug-likeness (QED) is 0.302. The van der Waals surface area contributed by atoms with E-state index in [9.17, 15) is 25.5 Å². The highest BCUT2D eigenvalue weighted by Crippen LogP contribution is 2.21. The molecule has 0 bridgehead atoms. The van der Waals surface area contributed by atoms with Gasteiger partial charge in [0.1, 0.15) is 30.5 Å². The normalized spacial score (nSPS) is 15.8. The lowest BCUT2D eigenvalue weighted by atomic mass is 9.90. The van der Waals surface area contributed by atoms with E-state index in [1.54, 1.807) is 6.08 Å². The Morgan fingerprint density at radius 2 is 1.33 bits per heavy atom. The first-order chi connectivity index (χ1) is 15.5. The maximum atomic E-state index is 10.9. The molecule has 0 aliphatic rings. The molecule has 0 saturated carbocycles. The molecule has 2 aromatic rings. The van der Waals surface area contributed by atoms with Crippen molar-refractivity contribution in [2.75, 3.05) is 6.61 Å². The second kappa shape index (κ2) is 12.3. The number of aliphatic hydroxyl groups is 6. The van der Waals surface area contributed by atoms with Gasteiger partial charge in [-0.05, 0) is 62.4 Å². The molecule has 0 saturated heterocycles. The fourth-order valence-electron chi connectivity index (χ4n) is 3.79. The molecule has 33 heavy (non-hydrogen) atoms. The van der Waals surface area contributed by atoms with E-state index in [1.165, 1.54) is 5.56 Å². The topological polar surface area (TPSA) is 121 Å². The van der Waals surface area contributed by atoms with Crippen molar-refractivity contribution < 1.29 is 30.6 Å². The summed E-state index contributed by atoms with van der Waals surface area (Å²) in [6.45, 7) is 7.21. The molecule has 0 aliphatic heterocycles. The fraction of sp³-hybridized carbons (Fsp3) is 0.444. The predicted molar refractivity (Wildman–Crippen MR) is 128 cm³/mol. The molecule has 0 aliphatic carbocycles. The molecule has 2 aromatic carbocycles. The average Bonchev–Trinajstić information content (AvgIpc) is 2.78. The van der Waals surface area contributed by atoms with E-state index in [4.69, 9.17) is 5.11 Å². The summed E-state index contributed by atoms with van der Waals surface area (Å²) in [5.74, 6) is 0. The smallest absolute Gasteiger partial charge is 0.113 e. The maximum Gasteiger partial charge on any atom is 0.113 e. The summed E-state index contributed by atoms with van der Waals surface area (Å²) in [6, 6.07) is 12.1. The summed E-state index contributed by atoms with van der Waals surface area (Å²) in [6.07, 6.45) is -6.04. The Labute approximate surface area is 195 Å². The van der Waals surface area contributed by atoms with Crippen LogP contribution in [0.1, 0.15) is 33.4 Å². The third-order valence-electron chi connectivity index (χ3n) is 5.95. The van der Waals surface area contributed by atoms with Gasteiger partial charge in [-0.3, -0.25) is 0 Å². The fourth-order valence-corrected chi connectivity index (χ4v) is 3.79. The molecule has 0 heterocycles. The van der Waals surface area contributed by atoms with Crippen molar-refractivity contribution in [1.82, 2.24) is 0 Å². The summed E-state index contributed by atoms with van der Waals surface area (Å²) in [7, 11) is 0. The van der Waals surface area contributed by atoms with Crippen LogP contribution < -0.4 is 0 Å². The first-order valence-electron chi connectivity index (χ1n) is 11.1. The zero-order valence-electron chi connectivity index (χ0n) is 19.7. The Hall–Kier alpha value is -2.28. The van der Waals surface area contributed by atoms with E-state index in [0.717, 1.165) is 27.8 Å². The summed E-state index contributed by atoms with van der Waals surface area (Å²) in [5.41, 5.74) is 9.89. The Balaban J connectivity index is 2.37. The predicted octanol–water partition coefficient (Wildman–Crippen LogP) is 1.58. The van der Waals surface area contributed by atoms with Crippen molar-refractivity contribution in [3.8, 4) is 0 Å². The van der Waals surface area contributed by atoms with E-state index in [2.05, 4.69) is 11.8 Å². The van der Waals surface area contributed by atoms with Gasteiger partial charge in [-0.15, -0.1) is 5.73 Å². The minimum Gasteiger partial charge on any atom is -0.394 e. The monoisotopic (exact) mass is 456 g/mol. The third kappa shape index (κ3) is 7.36. The molecular formula is C27H36O6. The standard InChI is InChI=1S/C27H36O6/c1-16-8-10-20(18(3)12-16)6-5-7-22(14-21-11-9-17(2)13-19(21)4)24(30)26(32)27(33)25(31)23(29)15-28/h5,8-13,23-33H,6,14-15H2,1-4H3/t7?,23-,24?,25+,26+,27-/m0/s1. The number of hydrogen-bond acceptors (Lipinski definition) is 6. The van der Waals surface area contributed by atoms with Gasteiger partial charge < -0.3 is 30.6 Å². The number of benzene rings is 2. The van der Waals surface area contributed by atoms with Crippen LogP contribution in [0.15, 0.2) is 53.8 Å². The van der Waals surface area contributed by atoms with Crippen LogP contribution in [0, 0.1) is 27.7 Å². The maximum absolute atomic E-state index is 10.9. The van der Waals surface area contributed by atoms with Gasteiger partial charge in [-0.1, -0.05) is 47.5 Å². The summed E-state index contributed by atoms with van der Waals surface area (Å²) in [5, 5.41) is 60.2. The lowest BCUT2D eigenvalue weighted by Gasteiger charge is -2.29. The largest absolute Gasteiger partial charge is 0.394 e. The lowest BCUT2D eigenvalue weighted by Crippen LogP contribution is -2.50. The molecule has 180 valence electrons. The first-order valence-corrected chi connectivity index (χ1v) is 11.1. The van der Waals surface area contributed by atoms with Crippen LogP contribution in [0.25, 0.3) is 0 Å². The van der Waals surface area contributed by atoms with Crippen molar-refractivity contribution in [3.05, 3.63) is 87.2 Å². The van der Waals surface area contributed by atoms with E-state index >= 15 is 0 Å². The van der Waals surface area contributed by atoms with Crippen molar-refractivity contribution in [3.63, 3.8) is 0 Å². The second-order valence-corrected chi connectivity index (χ2v) is 8.78. The molecule has 0 spiro atoms. The Bertz CT molecular complexity index is 992. The molecule has 5 atom stereocenters. The van der Waals surface area contributed by atoms with Crippen LogP contribution >= 0.6 is 0 Å². The number of rotatable bonds is 10. The van der Waals surface area contributed by atoms with Crippen LogP contribution in [0.5, 0.6) is 0 Å². The molecule has 0 fully saturated rings. The number of aliphatic hydroxyl groups excluding tert-OH is 6. The van der Waals surface area contributed by atoms with Crippen LogP contribution in [0.2, 0.25) is 0 Å². The molecule has 0 amide bonds. The molecule has 1 unspecified atom stereocenters. The van der Waals surface area contributed by atoms with Crippen molar-refractivity contribution >= 4 is 0 Å². The van der Waals surface area contributed by atoms with Crippen LogP contribution in [-0.2, 0) is 12.8 Å². The van der Waals surface area contributed by atoms with Gasteiger partial charge in [0.15, 0.2) is 0 Å². The summed E-state index contributed by atoms with van der Waals surface area (Å²) < 4.78 is 0. The highest BCUT2D eigenvalue weighted by molar-refractivity contribution is 5.35. The summed E-state index contributed by atoms with van der Waals surface area (Å²) >= 11 is 0.